The van der Waals surface area contributed by atoms with E-state index in [-0.39, 0.29) is 11.9 Å². The molecule has 0 aromatic heterocycles. The maximum Gasteiger partial charge on any atom is 0.255 e. The summed E-state index contributed by atoms with van der Waals surface area (Å²) in [6.07, 6.45) is 0. The molecule has 0 spiro atoms. The lowest BCUT2D eigenvalue weighted by Gasteiger charge is -2.12. The van der Waals surface area contributed by atoms with Crippen molar-refractivity contribution in [1.29, 1.82) is 0 Å². The second-order valence-electron chi connectivity index (χ2n) is 4.82. The lowest BCUT2D eigenvalue weighted by atomic mass is 10.1. The second-order valence-corrected chi connectivity index (χ2v) is 4.82. The fourth-order valence-electron chi connectivity index (χ4n) is 1.99. The average Bonchev–Trinajstić information content (AvgIpc) is 2.54. The molecule has 4 heteroatoms. The van der Waals surface area contributed by atoms with Crippen LogP contribution in [0.3, 0.4) is 0 Å². The van der Waals surface area contributed by atoms with E-state index in [4.69, 9.17) is 4.74 Å². The van der Waals surface area contributed by atoms with E-state index in [1.807, 2.05) is 37.4 Å². The number of carbonyl (C=O) groups is 1. The third kappa shape index (κ3) is 3.83. The van der Waals surface area contributed by atoms with Crippen molar-refractivity contribution in [3.05, 3.63) is 59.7 Å². The zero-order valence-corrected chi connectivity index (χ0v) is 12.5. The van der Waals surface area contributed by atoms with Crippen LogP contribution in [0.2, 0.25) is 0 Å². The Hall–Kier alpha value is -2.33. The summed E-state index contributed by atoms with van der Waals surface area (Å²) in [5, 5.41) is 6.06. The first-order valence-corrected chi connectivity index (χ1v) is 6.86. The van der Waals surface area contributed by atoms with Crippen LogP contribution >= 0.6 is 0 Å². The highest BCUT2D eigenvalue weighted by Gasteiger charge is 2.08. The Balaban J connectivity index is 2.08. The Kier molecular flexibility index (Phi) is 4.95. The summed E-state index contributed by atoms with van der Waals surface area (Å²) < 4.78 is 5.12. The van der Waals surface area contributed by atoms with Gasteiger partial charge in [0.1, 0.15) is 5.75 Å². The van der Waals surface area contributed by atoms with Crippen LogP contribution in [-0.4, -0.2) is 20.1 Å². The molecule has 0 bridgehead atoms. The van der Waals surface area contributed by atoms with Gasteiger partial charge in [-0.05, 0) is 49.9 Å². The van der Waals surface area contributed by atoms with Crippen LogP contribution in [0.5, 0.6) is 5.75 Å². The van der Waals surface area contributed by atoms with E-state index < -0.39 is 0 Å². The SMILES string of the molecule is CNC(C)c1ccc(NC(=O)c2cccc(OC)c2)cc1. The molecule has 1 unspecified atom stereocenters. The summed E-state index contributed by atoms with van der Waals surface area (Å²) in [7, 11) is 3.50. The van der Waals surface area contributed by atoms with Gasteiger partial charge < -0.3 is 15.4 Å². The zero-order valence-electron chi connectivity index (χ0n) is 12.5. The number of amides is 1. The van der Waals surface area contributed by atoms with Crippen LogP contribution in [-0.2, 0) is 0 Å². The number of hydrogen-bond acceptors (Lipinski definition) is 3. The second kappa shape index (κ2) is 6.90. The minimum absolute atomic E-state index is 0.150. The number of benzene rings is 2. The average molecular weight is 284 g/mol. The van der Waals surface area contributed by atoms with Crippen molar-refractivity contribution in [3.8, 4) is 5.75 Å². The van der Waals surface area contributed by atoms with E-state index in [0.29, 0.717) is 11.3 Å². The lowest BCUT2D eigenvalue weighted by molar-refractivity contribution is 0.102. The molecular formula is C17H20N2O2. The number of anilines is 1. The van der Waals surface area contributed by atoms with Gasteiger partial charge in [-0.2, -0.15) is 0 Å². The third-order valence-corrected chi connectivity index (χ3v) is 3.43. The number of nitrogens with one attached hydrogen (secondary N) is 2. The zero-order chi connectivity index (χ0) is 15.2. The fourth-order valence-corrected chi connectivity index (χ4v) is 1.99. The van der Waals surface area contributed by atoms with Crippen molar-refractivity contribution in [2.75, 3.05) is 19.5 Å². The van der Waals surface area contributed by atoms with E-state index in [0.717, 1.165) is 5.69 Å². The lowest BCUT2D eigenvalue weighted by Crippen LogP contribution is -2.13. The van der Waals surface area contributed by atoms with E-state index in [9.17, 15) is 4.79 Å². The highest BCUT2D eigenvalue weighted by Crippen LogP contribution is 2.17. The van der Waals surface area contributed by atoms with Crippen LogP contribution in [0.1, 0.15) is 28.9 Å². The normalized spacial score (nSPS) is 11.8. The molecule has 2 N–H and O–H groups in total. The summed E-state index contributed by atoms with van der Waals surface area (Å²) >= 11 is 0. The van der Waals surface area contributed by atoms with Crippen LogP contribution in [0.25, 0.3) is 0 Å². The predicted octanol–water partition coefficient (Wildman–Crippen LogP) is 3.23. The molecule has 0 aliphatic carbocycles. The molecule has 21 heavy (non-hydrogen) atoms. The van der Waals surface area contributed by atoms with Gasteiger partial charge in [0.2, 0.25) is 0 Å². The first-order valence-electron chi connectivity index (χ1n) is 6.86. The van der Waals surface area contributed by atoms with Gasteiger partial charge in [0.25, 0.3) is 5.91 Å². The van der Waals surface area contributed by atoms with Crippen molar-refractivity contribution >= 4 is 11.6 Å². The minimum Gasteiger partial charge on any atom is -0.497 e. The Morgan fingerprint density at radius 3 is 2.48 bits per heavy atom. The Bertz CT molecular complexity index is 608. The summed E-state index contributed by atoms with van der Waals surface area (Å²) in [5.41, 5.74) is 2.52. The van der Waals surface area contributed by atoms with Gasteiger partial charge in [-0.15, -0.1) is 0 Å². The predicted molar refractivity (Wildman–Crippen MR) is 84.9 cm³/mol. The van der Waals surface area contributed by atoms with Gasteiger partial charge in [-0.3, -0.25) is 4.79 Å². The quantitative estimate of drug-likeness (QED) is 0.886. The molecule has 0 saturated carbocycles. The van der Waals surface area contributed by atoms with Crippen LogP contribution in [0.4, 0.5) is 5.69 Å². The van der Waals surface area contributed by atoms with E-state index >= 15 is 0 Å². The molecule has 0 aliphatic rings. The molecule has 0 fully saturated rings. The minimum atomic E-state index is -0.150. The van der Waals surface area contributed by atoms with Crippen molar-refractivity contribution in [1.82, 2.24) is 5.32 Å². The summed E-state index contributed by atoms with van der Waals surface area (Å²) in [4.78, 5) is 12.2. The van der Waals surface area contributed by atoms with Crippen molar-refractivity contribution < 1.29 is 9.53 Å². The van der Waals surface area contributed by atoms with Gasteiger partial charge >= 0.3 is 0 Å². The van der Waals surface area contributed by atoms with Gasteiger partial charge in [0, 0.05) is 17.3 Å². The van der Waals surface area contributed by atoms with E-state index in [2.05, 4.69) is 17.6 Å². The molecular weight excluding hydrogens is 264 g/mol. The highest BCUT2D eigenvalue weighted by atomic mass is 16.5. The molecule has 110 valence electrons. The van der Waals surface area contributed by atoms with Crippen LogP contribution in [0, 0.1) is 0 Å². The molecule has 4 nitrogen and oxygen atoms in total. The number of hydrogen-bond donors (Lipinski definition) is 2. The van der Waals surface area contributed by atoms with E-state index in [1.54, 1.807) is 25.3 Å². The van der Waals surface area contributed by atoms with Crippen LogP contribution in [0.15, 0.2) is 48.5 Å². The molecule has 2 rings (SSSR count). The molecule has 1 atom stereocenters. The molecule has 0 aliphatic heterocycles. The molecule has 2 aromatic rings. The summed E-state index contributed by atoms with van der Waals surface area (Å²) in [6.45, 7) is 2.09. The molecule has 0 saturated heterocycles. The fraction of sp³-hybridized carbons (Fsp3) is 0.235. The smallest absolute Gasteiger partial charge is 0.255 e. The standard InChI is InChI=1S/C17H20N2O2/c1-12(18-2)13-7-9-15(10-8-13)19-17(20)14-5-4-6-16(11-14)21-3/h4-12,18H,1-3H3,(H,19,20). The Morgan fingerprint density at radius 2 is 1.86 bits per heavy atom. The maximum absolute atomic E-state index is 12.2. The summed E-state index contributed by atoms with van der Waals surface area (Å²) in [6, 6.07) is 15.2. The van der Waals surface area contributed by atoms with Crippen molar-refractivity contribution in [2.45, 2.75) is 13.0 Å². The molecule has 0 radical (unpaired) electrons. The Morgan fingerprint density at radius 1 is 1.14 bits per heavy atom. The van der Waals surface area contributed by atoms with E-state index in [1.165, 1.54) is 5.56 Å². The third-order valence-electron chi connectivity index (χ3n) is 3.43. The van der Waals surface area contributed by atoms with Crippen LogP contribution < -0.4 is 15.4 Å². The van der Waals surface area contributed by atoms with Gasteiger partial charge in [0.15, 0.2) is 0 Å². The largest absolute Gasteiger partial charge is 0.497 e. The molecule has 1 amide bonds. The van der Waals surface area contributed by atoms with Gasteiger partial charge in [0.05, 0.1) is 7.11 Å². The van der Waals surface area contributed by atoms with Crippen molar-refractivity contribution in [3.63, 3.8) is 0 Å². The van der Waals surface area contributed by atoms with Gasteiger partial charge in [-0.1, -0.05) is 18.2 Å². The topological polar surface area (TPSA) is 50.4 Å². The molecule has 2 aromatic carbocycles. The maximum atomic E-state index is 12.2. The van der Waals surface area contributed by atoms with Gasteiger partial charge in [-0.25, -0.2) is 0 Å². The number of rotatable bonds is 5. The van der Waals surface area contributed by atoms with Crippen molar-refractivity contribution in [2.24, 2.45) is 0 Å². The monoisotopic (exact) mass is 284 g/mol. The first kappa shape index (κ1) is 15.1. The first-order chi connectivity index (χ1) is 10.1. The summed E-state index contributed by atoms with van der Waals surface area (Å²) in [5.74, 6) is 0.518. The number of ether oxygens (including phenoxy) is 1. The highest BCUT2D eigenvalue weighted by molar-refractivity contribution is 6.04. The Labute approximate surface area is 125 Å². The number of carbonyl (C=O) groups excluding carboxylic acids is 1. The number of methoxy groups -OCH3 is 1. The molecule has 0 heterocycles.